The fourth-order valence-electron chi connectivity index (χ4n) is 2.75. The summed E-state index contributed by atoms with van der Waals surface area (Å²) in [6, 6.07) is 0.0851. The molecule has 2 amide bonds. The summed E-state index contributed by atoms with van der Waals surface area (Å²) in [4.78, 5) is 16.4. The van der Waals surface area contributed by atoms with Crippen molar-refractivity contribution < 1.29 is 4.79 Å². The molecule has 21 heavy (non-hydrogen) atoms. The van der Waals surface area contributed by atoms with Gasteiger partial charge in [0.2, 0.25) is 0 Å². The molecular formula is C14H19N5OS. The van der Waals surface area contributed by atoms with Crippen LogP contribution in [0.1, 0.15) is 32.6 Å². The van der Waals surface area contributed by atoms with Crippen molar-refractivity contribution in [3.63, 3.8) is 0 Å². The Morgan fingerprint density at radius 3 is 3.05 bits per heavy atom. The molecule has 0 bridgehead atoms. The standard InChI is InChI=1S/C14H19N5OS/c1-9-4-2-3-5-10(9)17-14(20)18-11-8-16-19-12(11)13-15-6-7-21-13/h6-10H,2-5H2,1H3,(H,16,19)(H2,17,18,20). The van der Waals surface area contributed by atoms with Crippen molar-refractivity contribution in [2.24, 2.45) is 5.92 Å². The Kier molecular flexibility index (Phi) is 4.19. The number of anilines is 1. The number of thiazole rings is 1. The Bertz CT molecular complexity index is 594. The fourth-order valence-corrected chi connectivity index (χ4v) is 3.39. The first kappa shape index (κ1) is 14.1. The number of urea groups is 1. The number of rotatable bonds is 3. The number of carbonyl (C=O) groups is 1. The van der Waals surface area contributed by atoms with Crippen LogP contribution < -0.4 is 10.6 Å². The largest absolute Gasteiger partial charge is 0.335 e. The molecule has 1 aliphatic carbocycles. The molecule has 112 valence electrons. The summed E-state index contributed by atoms with van der Waals surface area (Å²) in [7, 11) is 0. The molecule has 0 radical (unpaired) electrons. The summed E-state index contributed by atoms with van der Waals surface area (Å²) in [6.07, 6.45) is 8.03. The van der Waals surface area contributed by atoms with Crippen molar-refractivity contribution in [3.8, 4) is 10.7 Å². The number of nitrogens with one attached hydrogen (secondary N) is 3. The quantitative estimate of drug-likeness (QED) is 0.814. The van der Waals surface area contributed by atoms with E-state index in [2.05, 4.69) is 32.7 Å². The molecule has 0 saturated heterocycles. The van der Waals surface area contributed by atoms with E-state index in [4.69, 9.17) is 0 Å². The molecule has 6 nitrogen and oxygen atoms in total. The minimum absolute atomic E-state index is 0.173. The van der Waals surface area contributed by atoms with Gasteiger partial charge in [0.25, 0.3) is 0 Å². The maximum Gasteiger partial charge on any atom is 0.319 e. The van der Waals surface area contributed by atoms with Crippen LogP contribution >= 0.6 is 11.3 Å². The van der Waals surface area contributed by atoms with E-state index in [0.717, 1.165) is 17.1 Å². The number of H-pyrrole nitrogens is 1. The van der Waals surface area contributed by atoms with Gasteiger partial charge in [-0.2, -0.15) is 5.10 Å². The van der Waals surface area contributed by atoms with Gasteiger partial charge in [-0.05, 0) is 18.8 Å². The van der Waals surface area contributed by atoms with Gasteiger partial charge in [-0.25, -0.2) is 9.78 Å². The average Bonchev–Trinajstić information content (AvgIpc) is 3.11. The lowest BCUT2D eigenvalue weighted by Gasteiger charge is -2.29. The second kappa shape index (κ2) is 6.26. The van der Waals surface area contributed by atoms with E-state index in [9.17, 15) is 4.79 Å². The Hall–Kier alpha value is -1.89. The lowest BCUT2D eigenvalue weighted by Crippen LogP contribution is -2.43. The minimum Gasteiger partial charge on any atom is -0.335 e. The molecule has 1 saturated carbocycles. The van der Waals surface area contributed by atoms with Gasteiger partial charge >= 0.3 is 6.03 Å². The van der Waals surface area contributed by atoms with Gasteiger partial charge in [0.05, 0.1) is 11.9 Å². The molecule has 0 aliphatic heterocycles. The van der Waals surface area contributed by atoms with Crippen molar-refractivity contribution in [2.45, 2.75) is 38.6 Å². The van der Waals surface area contributed by atoms with Crippen molar-refractivity contribution >= 4 is 23.1 Å². The van der Waals surface area contributed by atoms with Gasteiger partial charge in [0.15, 0.2) is 0 Å². The Morgan fingerprint density at radius 1 is 1.43 bits per heavy atom. The number of aromatic amines is 1. The van der Waals surface area contributed by atoms with Gasteiger partial charge in [-0.1, -0.05) is 19.8 Å². The summed E-state index contributed by atoms with van der Waals surface area (Å²) < 4.78 is 0. The topological polar surface area (TPSA) is 82.7 Å². The number of nitrogens with zero attached hydrogens (tertiary/aromatic N) is 2. The molecule has 1 aliphatic rings. The Balaban J connectivity index is 1.64. The highest BCUT2D eigenvalue weighted by molar-refractivity contribution is 7.13. The third-order valence-corrected chi connectivity index (χ3v) is 4.75. The predicted molar refractivity (Wildman–Crippen MR) is 83.3 cm³/mol. The third-order valence-electron chi connectivity index (χ3n) is 3.96. The summed E-state index contributed by atoms with van der Waals surface area (Å²) >= 11 is 1.50. The Labute approximate surface area is 127 Å². The van der Waals surface area contributed by atoms with Crippen LogP contribution in [-0.2, 0) is 0 Å². The van der Waals surface area contributed by atoms with E-state index in [1.807, 2.05) is 5.38 Å². The molecular weight excluding hydrogens is 286 g/mol. The van der Waals surface area contributed by atoms with Crippen LogP contribution in [0.4, 0.5) is 10.5 Å². The van der Waals surface area contributed by atoms with E-state index < -0.39 is 0 Å². The third kappa shape index (κ3) is 3.24. The number of hydrogen-bond acceptors (Lipinski definition) is 4. The molecule has 2 atom stereocenters. The Morgan fingerprint density at radius 2 is 2.29 bits per heavy atom. The molecule has 7 heteroatoms. The first-order valence-corrected chi connectivity index (χ1v) is 8.13. The molecule has 2 aromatic rings. The van der Waals surface area contributed by atoms with Gasteiger partial charge in [0, 0.05) is 17.6 Å². The normalized spacial score (nSPS) is 22.0. The number of amides is 2. The lowest BCUT2D eigenvalue weighted by molar-refractivity contribution is 0.232. The van der Waals surface area contributed by atoms with E-state index in [1.165, 1.54) is 30.6 Å². The maximum atomic E-state index is 12.2. The molecule has 2 heterocycles. The zero-order chi connectivity index (χ0) is 14.7. The molecule has 2 aromatic heterocycles. The number of aromatic nitrogens is 3. The lowest BCUT2D eigenvalue weighted by atomic mass is 9.86. The monoisotopic (exact) mass is 305 g/mol. The molecule has 0 spiro atoms. The van der Waals surface area contributed by atoms with Crippen LogP contribution in [0, 0.1) is 5.92 Å². The minimum atomic E-state index is -0.173. The van der Waals surface area contributed by atoms with E-state index >= 15 is 0 Å². The predicted octanol–water partition coefficient (Wildman–Crippen LogP) is 3.23. The van der Waals surface area contributed by atoms with Crippen LogP contribution in [0.25, 0.3) is 10.7 Å². The SMILES string of the molecule is CC1CCCCC1NC(=O)Nc1cn[nH]c1-c1nccs1. The van der Waals surface area contributed by atoms with E-state index in [1.54, 1.807) is 12.4 Å². The van der Waals surface area contributed by atoms with Crippen molar-refractivity contribution in [1.82, 2.24) is 20.5 Å². The molecule has 3 N–H and O–H groups in total. The fraction of sp³-hybridized carbons (Fsp3) is 0.500. The summed E-state index contributed by atoms with van der Waals surface area (Å²) in [5.41, 5.74) is 1.41. The second-order valence-corrected chi connectivity index (χ2v) is 6.36. The van der Waals surface area contributed by atoms with Crippen LogP contribution in [0.2, 0.25) is 0 Å². The van der Waals surface area contributed by atoms with Crippen LogP contribution in [-0.4, -0.2) is 27.3 Å². The average molecular weight is 305 g/mol. The highest BCUT2D eigenvalue weighted by atomic mass is 32.1. The second-order valence-electron chi connectivity index (χ2n) is 5.46. The van der Waals surface area contributed by atoms with Gasteiger partial charge in [-0.3, -0.25) is 5.10 Å². The van der Waals surface area contributed by atoms with Gasteiger partial charge in [-0.15, -0.1) is 11.3 Å². The van der Waals surface area contributed by atoms with Crippen molar-refractivity contribution in [3.05, 3.63) is 17.8 Å². The maximum absolute atomic E-state index is 12.2. The van der Waals surface area contributed by atoms with Crippen molar-refractivity contribution in [1.29, 1.82) is 0 Å². The molecule has 3 rings (SSSR count). The summed E-state index contributed by atoms with van der Waals surface area (Å²) in [5, 5.41) is 15.5. The first-order valence-electron chi connectivity index (χ1n) is 7.25. The molecule has 2 unspecified atom stereocenters. The molecule has 1 fully saturated rings. The van der Waals surface area contributed by atoms with Gasteiger partial charge < -0.3 is 10.6 Å². The van der Waals surface area contributed by atoms with E-state index in [0.29, 0.717) is 11.6 Å². The van der Waals surface area contributed by atoms with Crippen LogP contribution in [0.15, 0.2) is 17.8 Å². The zero-order valence-electron chi connectivity index (χ0n) is 11.9. The first-order chi connectivity index (χ1) is 10.2. The zero-order valence-corrected chi connectivity index (χ0v) is 12.7. The van der Waals surface area contributed by atoms with Crippen LogP contribution in [0.5, 0.6) is 0 Å². The highest BCUT2D eigenvalue weighted by Crippen LogP contribution is 2.27. The number of carbonyl (C=O) groups excluding carboxylic acids is 1. The van der Waals surface area contributed by atoms with Crippen molar-refractivity contribution in [2.75, 3.05) is 5.32 Å². The number of hydrogen-bond donors (Lipinski definition) is 3. The highest BCUT2D eigenvalue weighted by Gasteiger charge is 2.23. The van der Waals surface area contributed by atoms with E-state index in [-0.39, 0.29) is 12.1 Å². The van der Waals surface area contributed by atoms with Crippen LogP contribution in [0.3, 0.4) is 0 Å². The summed E-state index contributed by atoms with van der Waals surface area (Å²) in [5.74, 6) is 0.535. The smallest absolute Gasteiger partial charge is 0.319 e. The summed E-state index contributed by atoms with van der Waals surface area (Å²) in [6.45, 7) is 2.20. The van der Waals surface area contributed by atoms with Gasteiger partial charge in [0.1, 0.15) is 10.7 Å². The molecule has 0 aromatic carbocycles.